The summed E-state index contributed by atoms with van der Waals surface area (Å²) in [7, 11) is 0. The van der Waals surface area contributed by atoms with E-state index in [1.807, 2.05) is 6.07 Å². The summed E-state index contributed by atoms with van der Waals surface area (Å²) >= 11 is 0. The lowest BCUT2D eigenvalue weighted by atomic mass is 10.2. The Bertz CT molecular complexity index is 194. The fourth-order valence-electron chi connectivity index (χ4n) is 1.12. The molecule has 1 aliphatic rings. The average Bonchev–Trinajstić information content (AvgIpc) is 2.62. The molecule has 1 aliphatic heterocycles. The number of aromatic nitrogens is 2. The smallest absolute Gasteiger partial charge is 0.219 e. The second-order valence-corrected chi connectivity index (χ2v) is 2.93. The van der Waals surface area contributed by atoms with Gasteiger partial charge < -0.3 is 5.32 Å². The summed E-state index contributed by atoms with van der Waals surface area (Å²) in [5, 5.41) is 9.01. The van der Waals surface area contributed by atoms with Gasteiger partial charge in [0.2, 0.25) is 5.91 Å². The summed E-state index contributed by atoms with van der Waals surface area (Å²) in [5.41, 5.74) is 0. The standard InChI is InChI=1S/C6H11NO.C3H4N2/c8-6-4-2-1-3-5-7-6;1-2-4-5-3-1/h1-5H2,(H,7,8);1-3H,(H,4,5). The predicted octanol–water partition coefficient (Wildman–Crippen LogP) is 1.09. The van der Waals surface area contributed by atoms with E-state index in [2.05, 4.69) is 15.5 Å². The normalized spacial score (nSPS) is 16.5. The van der Waals surface area contributed by atoms with Gasteiger partial charge in [0, 0.05) is 25.4 Å². The van der Waals surface area contributed by atoms with E-state index in [-0.39, 0.29) is 5.91 Å². The van der Waals surface area contributed by atoms with Gasteiger partial charge in [0.15, 0.2) is 0 Å². The average molecular weight is 181 g/mol. The molecule has 0 aliphatic carbocycles. The summed E-state index contributed by atoms with van der Waals surface area (Å²) in [4.78, 5) is 10.6. The van der Waals surface area contributed by atoms with Crippen LogP contribution in [0.2, 0.25) is 0 Å². The third-order valence-electron chi connectivity index (χ3n) is 1.81. The van der Waals surface area contributed by atoms with Gasteiger partial charge in [-0.2, -0.15) is 5.10 Å². The van der Waals surface area contributed by atoms with E-state index in [9.17, 15) is 4.79 Å². The topological polar surface area (TPSA) is 57.8 Å². The van der Waals surface area contributed by atoms with E-state index in [0.29, 0.717) is 0 Å². The number of rotatable bonds is 0. The molecule has 72 valence electrons. The Balaban J connectivity index is 0.000000145. The molecule has 4 heteroatoms. The Hall–Kier alpha value is -1.32. The first-order valence-electron chi connectivity index (χ1n) is 4.60. The highest BCUT2D eigenvalue weighted by Crippen LogP contribution is 2.02. The van der Waals surface area contributed by atoms with Crippen molar-refractivity contribution in [1.29, 1.82) is 0 Å². The first-order valence-corrected chi connectivity index (χ1v) is 4.60. The zero-order valence-corrected chi connectivity index (χ0v) is 7.62. The van der Waals surface area contributed by atoms with Crippen LogP contribution in [0.15, 0.2) is 18.5 Å². The Kier molecular flexibility index (Phi) is 4.68. The van der Waals surface area contributed by atoms with Crippen LogP contribution in [0.3, 0.4) is 0 Å². The summed E-state index contributed by atoms with van der Waals surface area (Å²) in [6.45, 7) is 0.888. The van der Waals surface area contributed by atoms with Crippen LogP contribution < -0.4 is 5.32 Å². The quantitative estimate of drug-likeness (QED) is 0.629. The highest BCUT2D eigenvalue weighted by atomic mass is 16.1. The van der Waals surface area contributed by atoms with Crippen LogP contribution in [0, 0.1) is 0 Å². The van der Waals surface area contributed by atoms with E-state index in [1.165, 1.54) is 6.42 Å². The van der Waals surface area contributed by atoms with Gasteiger partial charge >= 0.3 is 0 Å². The molecule has 0 spiro atoms. The number of H-pyrrole nitrogens is 1. The molecule has 0 aromatic carbocycles. The van der Waals surface area contributed by atoms with Gasteiger partial charge in [0.25, 0.3) is 0 Å². The molecule has 0 unspecified atom stereocenters. The summed E-state index contributed by atoms with van der Waals surface area (Å²) in [5.74, 6) is 0.225. The molecule has 4 nitrogen and oxygen atoms in total. The lowest BCUT2D eigenvalue weighted by molar-refractivity contribution is -0.120. The largest absolute Gasteiger partial charge is 0.356 e. The number of carbonyl (C=O) groups excluding carboxylic acids is 1. The molecular weight excluding hydrogens is 166 g/mol. The van der Waals surface area contributed by atoms with Gasteiger partial charge in [-0.3, -0.25) is 9.89 Å². The molecule has 1 aromatic rings. The van der Waals surface area contributed by atoms with Crippen LogP contribution in [0.1, 0.15) is 25.7 Å². The van der Waals surface area contributed by atoms with E-state index in [1.54, 1.807) is 12.4 Å². The van der Waals surface area contributed by atoms with Crippen LogP contribution in [-0.4, -0.2) is 22.6 Å². The minimum atomic E-state index is 0.225. The molecule has 1 fully saturated rings. The Morgan fingerprint density at radius 2 is 2.23 bits per heavy atom. The number of nitrogens with one attached hydrogen (secondary N) is 2. The monoisotopic (exact) mass is 181 g/mol. The fourth-order valence-corrected chi connectivity index (χ4v) is 1.12. The number of hydrogen-bond acceptors (Lipinski definition) is 2. The third-order valence-corrected chi connectivity index (χ3v) is 1.81. The molecule has 0 bridgehead atoms. The second kappa shape index (κ2) is 6.22. The van der Waals surface area contributed by atoms with Gasteiger partial charge in [-0.1, -0.05) is 6.42 Å². The number of hydrogen-bond donors (Lipinski definition) is 2. The Labute approximate surface area is 77.7 Å². The highest BCUT2D eigenvalue weighted by Gasteiger charge is 2.03. The number of carbonyl (C=O) groups is 1. The van der Waals surface area contributed by atoms with Crippen molar-refractivity contribution in [2.24, 2.45) is 0 Å². The van der Waals surface area contributed by atoms with Gasteiger partial charge in [-0.25, -0.2) is 0 Å². The van der Waals surface area contributed by atoms with Gasteiger partial charge in [0.1, 0.15) is 0 Å². The second-order valence-electron chi connectivity index (χ2n) is 2.93. The zero-order valence-electron chi connectivity index (χ0n) is 7.62. The van der Waals surface area contributed by atoms with Crippen molar-refractivity contribution in [3.63, 3.8) is 0 Å². The van der Waals surface area contributed by atoms with Crippen molar-refractivity contribution < 1.29 is 4.79 Å². The number of aromatic amines is 1. The van der Waals surface area contributed by atoms with E-state index in [0.717, 1.165) is 25.8 Å². The van der Waals surface area contributed by atoms with E-state index in [4.69, 9.17) is 0 Å². The molecule has 2 heterocycles. The van der Waals surface area contributed by atoms with Gasteiger partial charge in [0.05, 0.1) is 0 Å². The summed E-state index contributed by atoms with van der Waals surface area (Å²) in [6, 6.07) is 1.83. The molecule has 0 atom stereocenters. The van der Waals surface area contributed by atoms with Crippen molar-refractivity contribution in [2.45, 2.75) is 25.7 Å². The van der Waals surface area contributed by atoms with Crippen molar-refractivity contribution in [3.8, 4) is 0 Å². The lowest BCUT2D eigenvalue weighted by Crippen LogP contribution is -2.21. The van der Waals surface area contributed by atoms with Crippen LogP contribution in [0.4, 0.5) is 0 Å². The Morgan fingerprint density at radius 3 is 2.85 bits per heavy atom. The molecule has 2 N–H and O–H groups in total. The zero-order chi connectivity index (χ0) is 9.36. The maximum atomic E-state index is 10.6. The molecule has 13 heavy (non-hydrogen) atoms. The SMILES string of the molecule is O=C1CCCCCN1.c1cn[nH]c1. The molecule has 0 radical (unpaired) electrons. The first kappa shape index (κ1) is 9.77. The fraction of sp³-hybridized carbons (Fsp3) is 0.556. The van der Waals surface area contributed by atoms with Crippen molar-refractivity contribution in [2.75, 3.05) is 6.54 Å². The van der Waals surface area contributed by atoms with Crippen LogP contribution in [-0.2, 0) is 4.79 Å². The highest BCUT2D eigenvalue weighted by molar-refractivity contribution is 5.75. The molecular formula is C9H15N3O. The minimum absolute atomic E-state index is 0.225. The molecule has 2 rings (SSSR count). The summed E-state index contributed by atoms with van der Waals surface area (Å²) < 4.78 is 0. The molecule has 1 aromatic heterocycles. The maximum absolute atomic E-state index is 10.6. The first-order chi connectivity index (χ1) is 6.39. The number of nitrogens with zero attached hydrogens (tertiary/aromatic N) is 1. The number of amides is 1. The van der Waals surface area contributed by atoms with E-state index < -0.39 is 0 Å². The van der Waals surface area contributed by atoms with Crippen LogP contribution in [0.25, 0.3) is 0 Å². The van der Waals surface area contributed by atoms with Crippen molar-refractivity contribution in [1.82, 2.24) is 15.5 Å². The van der Waals surface area contributed by atoms with Crippen LogP contribution in [0.5, 0.6) is 0 Å². The van der Waals surface area contributed by atoms with Crippen molar-refractivity contribution >= 4 is 5.91 Å². The lowest BCUT2D eigenvalue weighted by Gasteiger charge is -1.93. The molecule has 1 amide bonds. The van der Waals surface area contributed by atoms with Crippen LogP contribution >= 0.6 is 0 Å². The summed E-state index contributed by atoms with van der Waals surface area (Å²) in [6.07, 6.45) is 7.64. The Morgan fingerprint density at radius 1 is 1.31 bits per heavy atom. The van der Waals surface area contributed by atoms with Gasteiger partial charge in [-0.05, 0) is 18.9 Å². The van der Waals surface area contributed by atoms with Gasteiger partial charge in [-0.15, -0.1) is 0 Å². The predicted molar refractivity (Wildman–Crippen MR) is 50.1 cm³/mol. The molecule has 1 saturated heterocycles. The molecule has 0 saturated carbocycles. The third kappa shape index (κ3) is 5.00. The maximum Gasteiger partial charge on any atom is 0.219 e. The minimum Gasteiger partial charge on any atom is -0.356 e. The van der Waals surface area contributed by atoms with Crippen molar-refractivity contribution in [3.05, 3.63) is 18.5 Å². The van der Waals surface area contributed by atoms with E-state index >= 15 is 0 Å².